The van der Waals surface area contributed by atoms with Crippen molar-refractivity contribution in [1.82, 2.24) is 5.32 Å². The van der Waals surface area contributed by atoms with Crippen molar-refractivity contribution in [1.29, 1.82) is 0 Å². The van der Waals surface area contributed by atoms with Gasteiger partial charge in [-0.1, -0.05) is 13.8 Å². The molecule has 0 bridgehead atoms. The van der Waals surface area contributed by atoms with Crippen LogP contribution >= 0.6 is 12.4 Å². The Kier molecular flexibility index (Phi) is 9.61. The van der Waals surface area contributed by atoms with Crippen molar-refractivity contribution in [2.24, 2.45) is 11.7 Å². The van der Waals surface area contributed by atoms with E-state index < -0.39 is 0 Å². The van der Waals surface area contributed by atoms with Crippen LogP contribution in [0.5, 0.6) is 11.5 Å². The molecular formula is C16H27ClN2O3. The van der Waals surface area contributed by atoms with Crippen molar-refractivity contribution in [3.8, 4) is 11.5 Å². The minimum absolute atomic E-state index is 0. The summed E-state index contributed by atoms with van der Waals surface area (Å²) < 4.78 is 10.7. The largest absolute Gasteiger partial charge is 0.493 e. The number of carbonyl (C=O) groups excluding carboxylic acids is 1. The number of hydrogen-bond donors (Lipinski definition) is 2. The van der Waals surface area contributed by atoms with Crippen molar-refractivity contribution >= 4 is 18.3 Å². The van der Waals surface area contributed by atoms with Crippen LogP contribution < -0.4 is 20.5 Å². The summed E-state index contributed by atoms with van der Waals surface area (Å²) in [5, 5.41) is 2.96. The van der Waals surface area contributed by atoms with Gasteiger partial charge in [0.1, 0.15) is 0 Å². The van der Waals surface area contributed by atoms with E-state index >= 15 is 0 Å². The molecule has 1 aromatic carbocycles. The molecule has 1 atom stereocenters. The van der Waals surface area contributed by atoms with Gasteiger partial charge in [0.25, 0.3) is 5.91 Å². The molecule has 1 amide bonds. The minimum Gasteiger partial charge on any atom is -0.493 e. The maximum Gasteiger partial charge on any atom is 0.251 e. The Bertz CT molecular complexity index is 467. The fraction of sp³-hybridized carbons (Fsp3) is 0.562. The Labute approximate surface area is 139 Å². The van der Waals surface area contributed by atoms with Crippen LogP contribution in [0.25, 0.3) is 0 Å². The molecule has 22 heavy (non-hydrogen) atoms. The summed E-state index contributed by atoms with van der Waals surface area (Å²) in [6, 6.07) is 5.14. The van der Waals surface area contributed by atoms with Crippen molar-refractivity contribution in [3.63, 3.8) is 0 Å². The standard InChI is InChI=1S/C16H26N2O3.ClH/c1-5-21-14-7-6-12(9-15(14)20-4)16(19)18-13(10-17)8-11(2)3;/h6-7,9,11,13H,5,8,10,17H2,1-4H3,(H,18,19);1H. The van der Waals surface area contributed by atoms with Gasteiger partial charge in [-0.3, -0.25) is 4.79 Å². The van der Waals surface area contributed by atoms with E-state index in [0.29, 0.717) is 36.1 Å². The summed E-state index contributed by atoms with van der Waals surface area (Å²) in [5.41, 5.74) is 6.25. The highest BCUT2D eigenvalue weighted by atomic mass is 35.5. The predicted molar refractivity (Wildman–Crippen MR) is 91.2 cm³/mol. The van der Waals surface area contributed by atoms with Gasteiger partial charge in [0.15, 0.2) is 11.5 Å². The molecule has 5 nitrogen and oxygen atoms in total. The third-order valence-corrected chi connectivity index (χ3v) is 3.10. The number of benzene rings is 1. The summed E-state index contributed by atoms with van der Waals surface area (Å²) >= 11 is 0. The molecule has 1 aromatic rings. The lowest BCUT2D eigenvalue weighted by Crippen LogP contribution is -2.41. The highest BCUT2D eigenvalue weighted by Gasteiger charge is 2.15. The van der Waals surface area contributed by atoms with Crippen molar-refractivity contribution < 1.29 is 14.3 Å². The summed E-state index contributed by atoms with van der Waals surface area (Å²) in [6.07, 6.45) is 0.858. The Balaban J connectivity index is 0.00000441. The molecule has 0 fully saturated rings. The van der Waals surface area contributed by atoms with Crippen LogP contribution in [0, 0.1) is 5.92 Å². The van der Waals surface area contributed by atoms with Gasteiger partial charge in [0, 0.05) is 18.2 Å². The summed E-state index contributed by atoms with van der Waals surface area (Å²) in [5.74, 6) is 1.52. The van der Waals surface area contributed by atoms with Gasteiger partial charge < -0.3 is 20.5 Å². The van der Waals surface area contributed by atoms with Gasteiger partial charge >= 0.3 is 0 Å². The second-order valence-corrected chi connectivity index (χ2v) is 5.33. The second-order valence-electron chi connectivity index (χ2n) is 5.33. The normalized spacial score (nSPS) is 11.5. The van der Waals surface area contributed by atoms with E-state index in [0.717, 1.165) is 6.42 Å². The first-order valence-corrected chi connectivity index (χ1v) is 7.33. The maximum atomic E-state index is 12.3. The number of ether oxygens (including phenoxy) is 2. The first kappa shape index (κ1) is 20.5. The molecule has 0 radical (unpaired) electrons. The minimum atomic E-state index is -0.146. The molecule has 0 aliphatic carbocycles. The Hall–Kier alpha value is -1.46. The van der Waals surface area contributed by atoms with E-state index in [1.807, 2.05) is 6.92 Å². The second kappa shape index (κ2) is 10.3. The molecule has 0 heterocycles. The van der Waals surface area contributed by atoms with Crippen LogP contribution in [0.2, 0.25) is 0 Å². The Morgan fingerprint density at radius 3 is 2.50 bits per heavy atom. The van der Waals surface area contributed by atoms with E-state index in [1.165, 1.54) is 0 Å². The number of nitrogens with two attached hydrogens (primary N) is 1. The number of carbonyl (C=O) groups is 1. The van der Waals surface area contributed by atoms with Gasteiger partial charge in [-0.2, -0.15) is 0 Å². The summed E-state index contributed by atoms with van der Waals surface area (Å²) in [7, 11) is 1.56. The first-order valence-electron chi connectivity index (χ1n) is 7.33. The van der Waals surface area contributed by atoms with Gasteiger partial charge in [-0.15, -0.1) is 12.4 Å². The van der Waals surface area contributed by atoms with Crippen molar-refractivity contribution in [2.75, 3.05) is 20.3 Å². The fourth-order valence-corrected chi connectivity index (χ4v) is 2.14. The van der Waals surface area contributed by atoms with Crippen LogP contribution in [-0.4, -0.2) is 32.2 Å². The lowest BCUT2D eigenvalue weighted by Gasteiger charge is -2.19. The van der Waals surface area contributed by atoms with Crippen LogP contribution in [0.4, 0.5) is 0 Å². The third-order valence-electron chi connectivity index (χ3n) is 3.10. The molecular weight excluding hydrogens is 304 g/mol. The highest BCUT2D eigenvalue weighted by Crippen LogP contribution is 2.28. The molecule has 3 N–H and O–H groups in total. The summed E-state index contributed by atoms with van der Waals surface area (Å²) in [4.78, 5) is 12.3. The SMILES string of the molecule is CCOc1ccc(C(=O)NC(CN)CC(C)C)cc1OC.Cl. The predicted octanol–water partition coefficient (Wildman–Crippen LogP) is 2.62. The smallest absolute Gasteiger partial charge is 0.251 e. The van der Waals surface area contributed by atoms with E-state index in [4.69, 9.17) is 15.2 Å². The third kappa shape index (κ3) is 6.12. The highest BCUT2D eigenvalue weighted by molar-refractivity contribution is 5.95. The van der Waals surface area contributed by atoms with Crippen LogP contribution in [-0.2, 0) is 0 Å². The molecule has 0 saturated heterocycles. The average molecular weight is 331 g/mol. The van der Waals surface area contributed by atoms with Gasteiger partial charge in [-0.25, -0.2) is 0 Å². The molecule has 0 aromatic heterocycles. The van der Waals surface area contributed by atoms with Crippen molar-refractivity contribution in [3.05, 3.63) is 23.8 Å². The van der Waals surface area contributed by atoms with E-state index in [2.05, 4.69) is 19.2 Å². The number of nitrogens with one attached hydrogen (secondary N) is 1. The van der Waals surface area contributed by atoms with E-state index in [-0.39, 0.29) is 24.4 Å². The molecule has 0 saturated carbocycles. The van der Waals surface area contributed by atoms with Gasteiger partial charge in [-0.05, 0) is 37.5 Å². The van der Waals surface area contributed by atoms with Crippen molar-refractivity contribution in [2.45, 2.75) is 33.2 Å². The molecule has 0 aliphatic heterocycles. The molecule has 1 rings (SSSR count). The lowest BCUT2D eigenvalue weighted by molar-refractivity contribution is 0.0933. The molecule has 6 heteroatoms. The number of hydrogen-bond acceptors (Lipinski definition) is 4. The zero-order chi connectivity index (χ0) is 15.8. The zero-order valence-corrected chi connectivity index (χ0v) is 14.5. The topological polar surface area (TPSA) is 73.6 Å². The lowest BCUT2D eigenvalue weighted by atomic mass is 10.0. The fourth-order valence-electron chi connectivity index (χ4n) is 2.14. The Morgan fingerprint density at radius 2 is 2.00 bits per heavy atom. The van der Waals surface area contributed by atoms with E-state index in [9.17, 15) is 4.79 Å². The number of methoxy groups -OCH3 is 1. The van der Waals surface area contributed by atoms with Gasteiger partial charge in [0.05, 0.1) is 13.7 Å². The monoisotopic (exact) mass is 330 g/mol. The average Bonchev–Trinajstić information content (AvgIpc) is 2.46. The molecule has 0 spiro atoms. The number of halogens is 1. The number of rotatable bonds is 8. The van der Waals surface area contributed by atoms with Gasteiger partial charge in [0.2, 0.25) is 0 Å². The Morgan fingerprint density at radius 1 is 1.32 bits per heavy atom. The maximum absolute atomic E-state index is 12.3. The van der Waals surface area contributed by atoms with Crippen LogP contribution in [0.1, 0.15) is 37.6 Å². The molecule has 0 aliphatic rings. The molecule has 126 valence electrons. The first-order chi connectivity index (χ1) is 10.0. The summed E-state index contributed by atoms with van der Waals surface area (Å²) in [6.45, 7) is 7.09. The van der Waals surface area contributed by atoms with E-state index in [1.54, 1.807) is 25.3 Å². The van der Waals surface area contributed by atoms with Crippen LogP contribution in [0.15, 0.2) is 18.2 Å². The molecule has 1 unspecified atom stereocenters. The quantitative estimate of drug-likeness (QED) is 0.768. The number of amides is 1. The van der Waals surface area contributed by atoms with Crippen LogP contribution in [0.3, 0.4) is 0 Å². The zero-order valence-electron chi connectivity index (χ0n) is 13.7.